The number of phosphoric acid groups is 2. The maximum Gasteiger partial charge on any atom is 0.481 e. The summed E-state index contributed by atoms with van der Waals surface area (Å²) in [4.78, 5) is 26.2. The molecule has 1 rings (SSSR count). The predicted octanol–water partition coefficient (Wildman–Crippen LogP) is 6.10. The third-order valence-electron chi connectivity index (χ3n) is 5.43. The average Bonchev–Trinajstić information content (AvgIpc) is 3.44. The van der Waals surface area contributed by atoms with Crippen LogP contribution in [0, 0.1) is 5.92 Å². The molecule has 3 N–H and O–H groups in total. The fourth-order valence-electron chi connectivity index (χ4n) is 3.59. The van der Waals surface area contributed by atoms with E-state index in [1.165, 1.54) is 70.6 Å². The molecule has 1 aliphatic heterocycles. The monoisotopic (exact) mass is 472 g/mol. The third kappa shape index (κ3) is 18.9. The number of ether oxygens (including phenoxy) is 1. The molecular formula is C20H42O8P2. The van der Waals surface area contributed by atoms with Gasteiger partial charge in [-0.3, -0.25) is 4.52 Å². The first-order chi connectivity index (χ1) is 14.2. The standard InChI is InChI=1S/C20H42O8P2/c1-19(14-10-6-3-2-4-8-12-16-20-18-26-20)15-11-7-5-9-13-17-27-30(24,25)28-29(21,22)23/h19-20H,2-18H2,1H3,(H,24,25)(H2,21,22,23). The molecule has 180 valence electrons. The highest BCUT2D eigenvalue weighted by molar-refractivity contribution is 7.60. The Morgan fingerprint density at radius 2 is 1.30 bits per heavy atom. The molecule has 1 saturated heterocycles. The molecule has 3 atom stereocenters. The zero-order valence-electron chi connectivity index (χ0n) is 18.5. The zero-order valence-corrected chi connectivity index (χ0v) is 20.2. The van der Waals surface area contributed by atoms with Gasteiger partial charge < -0.3 is 19.4 Å². The van der Waals surface area contributed by atoms with Crippen LogP contribution >= 0.6 is 15.6 Å². The molecule has 3 unspecified atom stereocenters. The highest BCUT2D eigenvalue weighted by atomic mass is 31.3. The van der Waals surface area contributed by atoms with Crippen LogP contribution in [0.15, 0.2) is 0 Å². The van der Waals surface area contributed by atoms with E-state index in [0.717, 1.165) is 31.8 Å². The molecule has 0 saturated carbocycles. The molecular weight excluding hydrogens is 430 g/mol. The second kappa shape index (κ2) is 15.9. The number of hydrogen-bond donors (Lipinski definition) is 3. The Hall–Kier alpha value is 0.220. The Bertz CT molecular complexity index is 521. The third-order valence-corrected chi connectivity index (χ3v) is 7.62. The normalized spacial score (nSPS) is 19.5. The molecule has 0 radical (unpaired) electrons. The van der Waals surface area contributed by atoms with Gasteiger partial charge in [-0.05, 0) is 18.8 Å². The number of rotatable bonds is 21. The summed E-state index contributed by atoms with van der Waals surface area (Å²) in [7, 11) is -9.71. The number of hydrogen-bond acceptors (Lipinski definition) is 5. The smallest absolute Gasteiger partial charge is 0.373 e. The molecule has 0 aromatic heterocycles. The minimum Gasteiger partial charge on any atom is -0.373 e. The van der Waals surface area contributed by atoms with E-state index in [2.05, 4.69) is 15.8 Å². The molecule has 0 aromatic rings. The van der Waals surface area contributed by atoms with Crippen molar-refractivity contribution in [3.63, 3.8) is 0 Å². The molecule has 1 fully saturated rings. The van der Waals surface area contributed by atoms with Crippen molar-refractivity contribution in [3.8, 4) is 0 Å². The molecule has 0 amide bonds. The van der Waals surface area contributed by atoms with E-state index < -0.39 is 15.6 Å². The van der Waals surface area contributed by atoms with E-state index in [4.69, 9.17) is 19.4 Å². The molecule has 0 aliphatic carbocycles. The number of phosphoric ester groups is 1. The Morgan fingerprint density at radius 3 is 1.80 bits per heavy atom. The van der Waals surface area contributed by atoms with E-state index >= 15 is 0 Å². The van der Waals surface area contributed by atoms with Gasteiger partial charge in [0.05, 0.1) is 19.3 Å². The maximum absolute atomic E-state index is 11.3. The van der Waals surface area contributed by atoms with Crippen molar-refractivity contribution in [2.45, 2.75) is 109 Å². The number of unbranched alkanes of at least 4 members (excludes halogenated alkanes) is 10. The summed E-state index contributed by atoms with van der Waals surface area (Å²) in [6.45, 7) is 3.26. The van der Waals surface area contributed by atoms with Crippen LogP contribution in [0.4, 0.5) is 0 Å². The molecule has 30 heavy (non-hydrogen) atoms. The van der Waals surface area contributed by atoms with Gasteiger partial charge in [-0.15, -0.1) is 0 Å². The van der Waals surface area contributed by atoms with Crippen molar-refractivity contribution in [1.82, 2.24) is 0 Å². The van der Waals surface area contributed by atoms with Gasteiger partial charge in [0.2, 0.25) is 0 Å². The van der Waals surface area contributed by atoms with Crippen molar-refractivity contribution >= 4 is 15.6 Å². The second-order valence-corrected chi connectivity index (χ2v) is 11.4. The summed E-state index contributed by atoms with van der Waals surface area (Å²) in [6.07, 6.45) is 18.5. The first-order valence-electron chi connectivity index (χ1n) is 11.5. The van der Waals surface area contributed by atoms with Gasteiger partial charge in [-0.25, -0.2) is 9.13 Å². The van der Waals surface area contributed by atoms with Gasteiger partial charge in [-0.1, -0.05) is 90.4 Å². The summed E-state index contributed by atoms with van der Waals surface area (Å²) in [6, 6.07) is 0. The first kappa shape index (κ1) is 28.3. The summed E-state index contributed by atoms with van der Waals surface area (Å²) in [5, 5.41) is 0. The zero-order chi connectivity index (χ0) is 22.3. The van der Waals surface area contributed by atoms with Crippen LogP contribution in [0.3, 0.4) is 0 Å². The van der Waals surface area contributed by atoms with Crippen LogP contribution in [-0.4, -0.2) is 34.0 Å². The molecule has 0 spiro atoms. The van der Waals surface area contributed by atoms with Gasteiger partial charge in [0.15, 0.2) is 0 Å². The number of epoxide rings is 1. The van der Waals surface area contributed by atoms with E-state index in [1.807, 2.05) is 0 Å². The SMILES string of the molecule is CC(CCCCCCCCCC1CO1)CCCCCCCOP(=O)(O)OP(=O)(O)O. The Kier molecular flexibility index (Phi) is 15.0. The topological polar surface area (TPSA) is 126 Å². The second-order valence-electron chi connectivity index (χ2n) is 8.54. The summed E-state index contributed by atoms with van der Waals surface area (Å²) >= 11 is 0. The highest BCUT2D eigenvalue weighted by Gasteiger charge is 2.31. The lowest BCUT2D eigenvalue weighted by molar-refractivity contribution is 0.175. The first-order valence-corrected chi connectivity index (χ1v) is 14.6. The van der Waals surface area contributed by atoms with Crippen LogP contribution in [0.5, 0.6) is 0 Å². The highest BCUT2D eigenvalue weighted by Crippen LogP contribution is 2.57. The fraction of sp³-hybridized carbons (Fsp3) is 1.00. The minimum atomic E-state index is -5.03. The van der Waals surface area contributed by atoms with Crippen molar-refractivity contribution in [1.29, 1.82) is 0 Å². The van der Waals surface area contributed by atoms with Crippen molar-refractivity contribution in [2.24, 2.45) is 5.92 Å². The van der Waals surface area contributed by atoms with Crippen LogP contribution in [-0.2, 0) is 22.7 Å². The fourth-order valence-corrected chi connectivity index (χ4v) is 5.21. The van der Waals surface area contributed by atoms with Gasteiger partial charge >= 0.3 is 15.6 Å². The molecule has 1 heterocycles. The van der Waals surface area contributed by atoms with E-state index in [-0.39, 0.29) is 6.61 Å². The van der Waals surface area contributed by atoms with Crippen molar-refractivity contribution in [2.75, 3.05) is 13.2 Å². The largest absolute Gasteiger partial charge is 0.481 e. The summed E-state index contributed by atoms with van der Waals surface area (Å²) in [5.74, 6) is 0.761. The lowest BCUT2D eigenvalue weighted by atomic mass is 9.96. The molecule has 10 heteroatoms. The average molecular weight is 472 g/mol. The van der Waals surface area contributed by atoms with Gasteiger partial charge in [0, 0.05) is 0 Å². The minimum absolute atomic E-state index is 0.0564. The van der Waals surface area contributed by atoms with Crippen LogP contribution in [0.25, 0.3) is 0 Å². The van der Waals surface area contributed by atoms with Crippen LogP contribution < -0.4 is 0 Å². The Labute approximate surface area is 181 Å². The van der Waals surface area contributed by atoms with Crippen LogP contribution in [0.2, 0.25) is 0 Å². The summed E-state index contributed by atoms with van der Waals surface area (Å²) in [5.41, 5.74) is 0. The van der Waals surface area contributed by atoms with Crippen molar-refractivity contribution in [3.05, 3.63) is 0 Å². The molecule has 1 aliphatic rings. The lowest BCUT2D eigenvalue weighted by Crippen LogP contribution is -1.97. The van der Waals surface area contributed by atoms with E-state index in [0.29, 0.717) is 12.5 Å². The maximum atomic E-state index is 11.3. The molecule has 8 nitrogen and oxygen atoms in total. The quantitative estimate of drug-likeness (QED) is 0.104. The van der Waals surface area contributed by atoms with Gasteiger partial charge in [0.1, 0.15) is 0 Å². The molecule has 0 bridgehead atoms. The van der Waals surface area contributed by atoms with Crippen LogP contribution in [0.1, 0.15) is 103 Å². The van der Waals surface area contributed by atoms with Crippen molar-refractivity contribution < 1.29 is 37.4 Å². The summed E-state index contributed by atoms with van der Waals surface area (Å²) < 4.78 is 35.3. The van der Waals surface area contributed by atoms with Gasteiger partial charge in [0.25, 0.3) is 0 Å². The Balaban J connectivity index is 1.80. The van der Waals surface area contributed by atoms with E-state index in [1.54, 1.807) is 0 Å². The Morgan fingerprint density at radius 1 is 0.833 bits per heavy atom. The lowest BCUT2D eigenvalue weighted by Gasteiger charge is -2.12. The molecule has 0 aromatic carbocycles. The predicted molar refractivity (Wildman–Crippen MR) is 117 cm³/mol. The van der Waals surface area contributed by atoms with E-state index in [9.17, 15) is 9.13 Å². The van der Waals surface area contributed by atoms with Gasteiger partial charge in [-0.2, -0.15) is 4.31 Å².